The third-order valence-corrected chi connectivity index (χ3v) is 2.77. The average Bonchev–Trinajstić information content (AvgIpc) is 2.30. The topological polar surface area (TPSA) is 26.0 Å². The molecule has 0 fully saturated rings. The van der Waals surface area contributed by atoms with Crippen molar-refractivity contribution in [2.75, 3.05) is 6.54 Å². The van der Waals surface area contributed by atoms with Gasteiger partial charge in [0.05, 0.1) is 0 Å². The fourth-order valence-corrected chi connectivity index (χ4v) is 1.75. The molecule has 1 heteroatoms. The van der Waals surface area contributed by atoms with Crippen molar-refractivity contribution in [3.05, 3.63) is 0 Å². The molecule has 0 aliphatic heterocycles. The quantitative estimate of drug-likeness (QED) is 0.552. The van der Waals surface area contributed by atoms with E-state index >= 15 is 0 Å². The minimum absolute atomic E-state index is 0.804. The van der Waals surface area contributed by atoms with Crippen molar-refractivity contribution >= 4 is 0 Å². The van der Waals surface area contributed by atoms with Crippen molar-refractivity contribution in [3.63, 3.8) is 0 Å². The molecule has 94 valence electrons. The zero-order valence-electron chi connectivity index (χ0n) is 11.5. The fourth-order valence-electron chi connectivity index (χ4n) is 1.75. The van der Waals surface area contributed by atoms with Crippen molar-refractivity contribution in [2.24, 2.45) is 11.7 Å². The Labute approximate surface area is 97.8 Å². The second-order valence-corrected chi connectivity index (χ2v) is 4.09. The molecule has 0 aromatic rings. The molecule has 0 radical (unpaired) electrons. The number of unbranched alkanes of at least 4 members (excludes halogenated alkanes) is 4. The summed E-state index contributed by atoms with van der Waals surface area (Å²) in [5.74, 6) is 0.804. The zero-order valence-corrected chi connectivity index (χ0v) is 11.5. The smallest absolute Gasteiger partial charge is 0.00489 e. The van der Waals surface area contributed by atoms with Crippen molar-refractivity contribution in [1.82, 2.24) is 0 Å². The van der Waals surface area contributed by atoms with E-state index in [9.17, 15) is 0 Å². The molecule has 0 bridgehead atoms. The monoisotopic (exact) mass is 215 g/mol. The van der Waals surface area contributed by atoms with Gasteiger partial charge in [-0.05, 0) is 25.3 Å². The van der Waals surface area contributed by atoms with Crippen LogP contribution in [-0.2, 0) is 0 Å². The lowest BCUT2D eigenvalue weighted by Gasteiger charge is -2.13. The summed E-state index contributed by atoms with van der Waals surface area (Å²) in [5, 5.41) is 0. The van der Waals surface area contributed by atoms with Gasteiger partial charge in [-0.2, -0.15) is 0 Å². The van der Waals surface area contributed by atoms with Crippen LogP contribution in [0.15, 0.2) is 0 Å². The first-order chi connectivity index (χ1) is 7.35. The lowest BCUT2D eigenvalue weighted by Crippen LogP contribution is -2.14. The van der Waals surface area contributed by atoms with E-state index in [0.29, 0.717) is 0 Å². The highest BCUT2D eigenvalue weighted by Gasteiger charge is 2.04. The Bertz CT molecular complexity index is 81.3. The molecule has 0 aromatic carbocycles. The molecular formula is C14H33N. The van der Waals surface area contributed by atoms with E-state index in [2.05, 4.69) is 13.8 Å². The van der Waals surface area contributed by atoms with Gasteiger partial charge in [-0.3, -0.25) is 0 Å². The minimum atomic E-state index is 0.804. The first-order valence-electron chi connectivity index (χ1n) is 7.05. The van der Waals surface area contributed by atoms with E-state index in [1.54, 1.807) is 0 Å². The largest absolute Gasteiger partial charge is 0.330 e. The highest BCUT2D eigenvalue weighted by atomic mass is 14.5. The van der Waals surface area contributed by atoms with Gasteiger partial charge in [-0.25, -0.2) is 0 Å². The highest BCUT2D eigenvalue weighted by molar-refractivity contribution is 4.60. The maximum absolute atomic E-state index is 5.74. The van der Waals surface area contributed by atoms with Crippen LogP contribution in [0, 0.1) is 5.92 Å². The van der Waals surface area contributed by atoms with E-state index in [0.717, 1.165) is 12.5 Å². The van der Waals surface area contributed by atoms with Gasteiger partial charge in [0.2, 0.25) is 0 Å². The molecule has 0 spiro atoms. The van der Waals surface area contributed by atoms with Gasteiger partial charge in [-0.1, -0.05) is 66.2 Å². The van der Waals surface area contributed by atoms with Crippen LogP contribution in [0.25, 0.3) is 0 Å². The predicted octanol–water partition coefficient (Wildman–Crippen LogP) is 4.75. The van der Waals surface area contributed by atoms with Crippen LogP contribution in [-0.4, -0.2) is 6.54 Å². The van der Waals surface area contributed by atoms with Gasteiger partial charge in [0, 0.05) is 0 Å². The highest BCUT2D eigenvalue weighted by Crippen LogP contribution is 2.15. The molecule has 0 aliphatic rings. The van der Waals surface area contributed by atoms with E-state index in [4.69, 9.17) is 5.73 Å². The van der Waals surface area contributed by atoms with Crippen LogP contribution in [0.5, 0.6) is 0 Å². The molecule has 0 aliphatic carbocycles. The van der Waals surface area contributed by atoms with E-state index in [-0.39, 0.29) is 0 Å². The second kappa shape index (κ2) is 16.4. The third kappa shape index (κ3) is 14.0. The summed E-state index contributed by atoms with van der Waals surface area (Å²) in [6.45, 7) is 9.41. The fraction of sp³-hybridized carbons (Fsp3) is 1.00. The van der Waals surface area contributed by atoms with Gasteiger partial charge in [0.1, 0.15) is 0 Å². The second-order valence-electron chi connectivity index (χ2n) is 4.09. The Morgan fingerprint density at radius 3 is 1.47 bits per heavy atom. The van der Waals surface area contributed by atoms with Gasteiger partial charge in [0.25, 0.3) is 0 Å². The van der Waals surface area contributed by atoms with Crippen LogP contribution in [0.4, 0.5) is 0 Å². The normalized spacial score (nSPS) is 10.0. The molecular weight excluding hydrogens is 182 g/mol. The zero-order chi connectivity index (χ0) is 11.9. The van der Waals surface area contributed by atoms with Crippen molar-refractivity contribution in [3.8, 4) is 0 Å². The predicted molar refractivity (Wildman–Crippen MR) is 72.2 cm³/mol. The molecule has 0 rings (SSSR count). The molecule has 0 saturated heterocycles. The van der Waals surface area contributed by atoms with Crippen LogP contribution in [0.2, 0.25) is 0 Å². The molecule has 2 N–H and O–H groups in total. The molecule has 0 saturated carbocycles. The van der Waals surface area contributed by atoms with Crippen molar-refractivity contribution in [1.29, 1.82) is 0 Å². The van der Waals surface area contributed by atoms with Crippen molar-refractivity contribution < 1.29 is 0 Å². The SMILES string of the molecule is CC.CCCCCC(CN)CCCCC. The van der Waals surface area contributed by atoms with Crippen LogP contribution < -0.4 is 5.73 Å². The summed E-state index contributed by atoms with van der Waals surface area (Å²) in [6.07, 6.45) is 10.9. The van der Waals surface area contributed by atoms with Gasteiger partial charge >= 0.3 is 0 Å². The number of hydrogen-bond acceptors (Lipinski definition) is 1. The number of nitrogens with two attached hydrogens (primary N) is 1. The standard InChI is InChI=1S/C12H27N.C2H6/c1-3-5-7-9-12(11-13)10-8-6-4-2;1-2/h12H,3-11,13H2,1-2H3;1-2H3. The van der Waals surface area contributed by atoms with Gasteiger partial charge < -0.3 is 5.73 Å². The molecule has 15 heavy (non-hydrogen) atoms. The summed E-state index contributed by atoms with van der Waals surface area (Å²) in [4.78, 5) is 0. The van der Waals surface area contributed by atoms with Crippen LogP contribution in [0.1, 0.15) is 79.1 Å². The maximum atomic E-state index is 5.74. The maximum Gasteiger partial charge on any atom is -0.00489 e. The van der Waals surface area contributed by atoms with E-state index < -0.39 is 0 Å². The Balaban J connectivity index is 0. The van der Waals surface area contributed by atoms with Crippen molar-refractivity contribution in [2.45, 2.75) is 79.1 Å². The lowest BCUT2D eigenvalue weighted by atomic mass is 9.95. The number of hydrogen-bond donors (Lipinski definition) is 1. The molecule has 0 atom stereocenters. The van der Waals surface area contributed by atoms with Crippen LogP contribution in [0.3, 0.4) is 0 Å². The average molecular weight is 215 g/mol. The molecule has 0 aromatic heterocycles. The molecule has 1 nitrogen and oxygen atoms in total. The molecule has 0 unspecified atom stereocenters. The van der Waals surface area contributed by atoms with Gasteiger partial charge in [0.15, 0.2) is 0 Å². The van der Waals surface area contributed by atoms with E-state index in [1.165, 1.54) is 51.4 Å². The first kappa shape index (κ1) is 17.4. The summed E-state index contributed by atoms with van der Waals surface area (Å²) < 4.78 is 0. The molecule has 0 amide bonds. The molecule has 0 heterocycles. The first-order valence-corrected chi connectivity index (χ1v) is 7.05. The Morgan fingerprint density at radius 1 is 0.800 bits per heavy atom. The Morgan fingerprint density at radius 2 is 1.20 bits per heavy atom. The van der Waals surface area contributed by atoms with Gasteiger partial charge in [-0.15, -0.1) is 0 Å². The summed E-state index contributed by atoms with van der Waals surface area (Å²) in [5.41, 5.74) is 5.74. The summed E-state index contributed by atoms with van der Waals surface area (Å²) in [6, 6.07) is 0. The van der Waals surface area contributed by atoms with Crippen LogP contribution >= 0.6 is 0 Å². The number of rotatable bonds is 9. The Hall–Kier alpha value is -0.0400. The third-order valence-electron chi connectivity index (χ3n) is 2.77. The summed E-state index contributed by atoms with van der Waals surface area (Å²) >= 11 is 0. The minimum Gasteiger partial charge on any atom is -0.330 e. The Kier molecular flexibility index (Phi) is 19.0. The van der Waals surface area contributed by atoms with E-state index in [1.807, 2.05) is 13.8 Å². The summed E-state index contributed by atoms with van der Waals surface area (Å²) in [7, 11) is 0. The lowest BCUT2D eigenvalue weighted by molar-refractivity contribution is 0.419.